The van der Waals surface area contributed by atoms with Gasteiger partial charge in [0.05, 0.1) is 13.0 Å². The predicted molar refractivity (Wildman–Crippen MR) is 111 cm³/mol. The number of rotatable bonds is 8. The molecule has 0 radical (unpaired) electrons. The van der Waals surface area contributed by atoms with Gasteiger partial charge in [0.15, 0.2) is 0 Å². The zero-order chi connectivity index (χ0) is 19.8. The first kappa shape index (κ1) is 20.9. The van der Waals surface area contributed by atoms with Crippen molar-refractivity contribution in [2.24, 2.45) is 0 Å². The minimum atomic E-state index is -0.102. The summed E-state index contributed by atoms with van der Waals surface area (Å²) in [4.78, 5) is 26.4. The van der Waals surface area contributed by atoms with Crippen LogP contribution in [0.4, 0.5) is 11.4 Å². The van der Waals surface area contributed by atoms with Crippen LogP contribution in [0.3, 0.4) is 0 Å². The van der Waals surface area contributed by atoms with Gasteiger partial charge in [-0.3, -0.25) is 14.5 Å². The Bertz CT molecular complexity index is 787. The molecule has 2 N–H and O–H groups in total. The number of nitrogens with one attached hydrogen (secondary N) is 2. The van der Waals surface area contributed by atoms with Gasteiger partial charge in [0.25, 0.3) is 0 Å². The van der Waals surface area contributed by atoms with E-state index in [2.05, 4.69) is 15.5 Å². The number of carbonyl (C=O) groups is 2. The van der Waals surface area contributed by atoms with Crippen LogP contribution in [-0.4, -0.2) is 36.3 Å². The average molecular weight is 388 g/mol. The molecule has 0 aliphatic rings. The largest absolute Gasteiger partial charge is 0.326 e. The summed E-state index contributed by atoms with van der Waals surface area (Å²) in [6.45, 7) is 8.00. The lowest BCUT2D eigenvalue weighted by Gasteiger charge is -2.18. The SMILES string of the molecule is CCN(CC)CC(=O)Nc1ccc(NC(=O)Cc2ccc(Cl)cc2)cc1C. The molecule has 2 aromatic carbocycles. The molecule has 0 unspecified atom stereocenters. The zero-order valence-corrected chi connectivity index (χ0v) is 16.8. The highest BCUT2D eigenvalue weighted by Gasteiger charge is 2.10. The molecule has 0 heterocycles. The molecule has 144 valence electrons. The molecule has 0 aliphatic heterocycles. The lowest BCUT2D eigenvalue weighted by atomic mass is 10.1. The minimum Gasteiger partial charge on any atom is -0.326 e. The molecule has 0 fully saturated rings. The van der Waals surface area contributed by atoms with Crippen LogP contribution >= 0.6 is 11.6 Å². The Hall–Kier alpha value is -2.37. The molecule has 2 aromatic rings. The number of amides is 2. The second-order valence-corrected chi connectivity index (χ2v) is 6.83. The van der Waals surface area contributed by atoms with E-state index >= 15 is 0 Å². The van der Waals surface area contributed by atoms with Gasteiger partial charge in [-0.1, -0.05) is 37.6 Å². The summed E-state index contributed by atoms with van der Waals surface area (Å²) in [5.74, 6) is -0.142. The molecular formula is C21H26ClN3O2. The topological polar surface area (TPSA) is 61.4 Å². The number of likely N-dealkylation sites (N-methyl/N-ethyl adjacent to an activating group) is 1. The van der Waals surface area contributed by atoms with Crippen molar-refractivity contribution in [3.8, 4) is 0 Å². The van der Waals surface area contributed by atoms with E-state index in [1.54, 1.807) is 18.2 Å². The van der Waals surface area contributed by atoms with Crippen molar-refractivity contribution in [3.63, 3.8) is 0 Å². The Balaban J connectivity index is 1.94. The highest BCUT2D eigenvalue weighted by molar-refractivity contribution is 6.30. The molecule has 0 saturated heterocycles. The van der Waals surface area contributed by atoms with Gasteiger partial charge in [-0.2, -0.15) is 0 Å². The van der Waals surface area contributed by atoms with E-state index in [9.17, 15) is 9.59 Å². The van der Waals surface area contributed by atoms with E-state index < -0.39 is 0 Å². The fraction of sp³-hybridized carbons (Fsp3) is 0.333. The Morgan fingerprint density at radius 2 is 1.63 bits per heavy atom. The normalized spacial score (nSPS) is 10.7. The first-order valence-electron chi connectivity index (χ1n) is 9.08. The Morgan fingerprint density at radius 3 is 2.22 bits per heavy atom. The number of carbonyl (C=O) groups excluding carboxylic acids is 2. The Kier molecular flexibility index (Phi) is 7.82. The lowest BCUT2D eigenvalue weighted by Crippen LogP contribution is -2.33. The molecule has 0 aromatic heterocycles. The van der Waals surface area contributed by atoms with Crippen molar-refractivity contribution < 1.29 is 9.59 Å². The van der Waals surface area contributed by atoms with Crippen molar-refractivity contribution in [1.82, 2.24) is 4.90 Å². The highest BCUT2D eigenvalue weighted by Crippen LogP contribution is 2.20. The standard InChI is InChI=1S/C21H26ClN3O2/c1-4-25(5-2)14-21(27)24-19-11-10-18(12-15(19)3)23-20(26)13-16-6-8-17(22)9-7-16/h6-12H,4-5,13-14H2,1-3H3,(H,23,26)(H,24,27). The molecule has 0 atom stereocenters. The first-order valence-corrected chi connectivity index (χ1v) is 9.46. The number of nitrogens with zero attached hydrogens (tertiary/aromatic N) is 1. The van der Waals surface area contributed by atoms with Crippen molar-refractivity contribution in [3.05, 3.63) is 58.6 Å². The summed E-state index contributed by atoms with van der Waals surface area (Å²) >= 11 is 5.86. The van der Waals surface area contributed by atoms with Crippen molar-refractivity contribution >= 4 is 34.8 Å². The molecule has 0 bridgehead atoms. The fourth-order valence-corrected chi connectivity index (χ4v) is 2.84. The van der Waals surface area contributed by atoms with Gasteiger partial charge in [-0.05, 0) is 61.5 Å². The van der Waals surface area contributed by atoms with E-state index in [-0.39, 0.29) is 18.2 Å². The zero-order valence-electron chi connectivity index (χ0n) is 16.0. The number of benzene rings is 2. The van der Waals surface area contributed by atoms with E-state index in [0.29, 0.717) is 17.3 Å². The third kappa shape index (κ3) is 6.70. The van der Waals surface area contributed by atoms with E-state index in [1.165, 1.54) is 0 Å². The van der Waals surface area contributed by atoms with Crippen LogP contribution in [0.1, 0.15) is 25.0 Å². The van der Waals surface area contributed by atoms with Gasteiger partial charge >= 0.3 is 0 Å². The van der Waals surface area contributed by atoms with Gasteiger partial charge in [0, 0.05) is 16.4 Å². The van der Waals surface area contributed by atoms with Crippen LogP contribution in [0.2, 0.25) is 5.02 Å². The van der Waals surface area contributed by atoms with E-state index in [0.717, 1.165) is 29.9 Å². The summed E-state index contributed by atoms with van der Waals surface area (Å²) in [7, 11) is 0. The van der Waals surface area contributed by atoms with Crippen LogP contribution in [0.25, 0.3) is 0 Å². The maximum absolute atomic E-state index is 12.2. The molecule has 27 heavy (non-hydrogen) atoms. The number of hydrogen-bond acceptors (Lipinski definition) is 3. The third-order valence-electron chi connectivity index (χ3n) is 4.32. The average Bonchev–Trinajstić information content (AvgIpc) is 2.64. The van der Waals surface area contributed by atoms with Crippen molar-refractivity contribution in [2.45, 2.75) is 27.2 Å². The van der Waals surface area contributed by atoms with Crippen LogP contribution in [0.15, 0.2) is 42.5 Å². The quantitative estimate of drug-likeness (QED) is 0.716. The molecule has 5 nitrogen and oxygen atoms in total. The van der Waals surface area contributed by atoms with Crippen LogP contribution in [-0.2, 0) is 16.0 Å². The smallest absolute Gasteiger partial charge is 0.238 e. The lowest BCUT2D eigenvalue weighted by molar-refractivity contribution is -0.117. The maximum Gasteiger partial charge on any atom is 0.238 e. The van der Waals surface area contributed by atoms with Gasteiger partial charge < -0.3 is 10.6 Å². The van der Waals surface area contributed by atoms with Gasteiger partial charge in [0.1, 0.15) is 0 Å². The monoisotopic (exact) mass is 387 g/mol. The molecule has 6 heteroatoms. The summed E-state index contributed by atoms with van der Waals surface area (Å²) in [6, 6.07) is 12.7. The van der Waals surface area contributed by atoms with E-state index in [1.807, 2.05) is 45.0 Å². The van der Waals surface area contributed by atoms with Crippen molar-refractivity contribution in [1.29, 1.82) is 0 Å². The van der Waals surface area contributed by atoms with Crippen LogP contribution in [0.5, 0.6) is 0 Å². The third-order valence-corrected chi connectivity index (χ3v) is 4.58. The highest BCUT2D eigenvalue weighted by atomic mass is 35.5. The maximum atomic E-state index is 12.2. The minimum absolute atomic E-state index is 0.0404. The van der Waals surface area contributed by atoms with Crippen molar-refractivity contribution in [2.75, 3.05) is 30.3 Å². The summed E-state index contributed by atoms with van der Waals surface area (Å²) in [5, 5.41) is 6.46. The number of anilines is 2. The number of hydrogen-bond donors (Lipinski definition) is 2. The Morgan fingerprint density at radius 1 is 0.963 bits per heavy atom. The molecule has 2 amide bonds. The predicted octanol–water partition coefficient (Wildman–Crippen LogP) is 4.11. The molecule has 0 spiro atoms. The van der Waals surface area contributed by atoms with E-state index in [4.69, 9.17) is 11.6 Å². The fourth-order valence-electron chi connectivity index (χ4n) is 2.71. The van der Waals surface area contributed by atoms with Crippen LogP contribution < -0.4 is 10.6 Å². The second kappa shape index (κ2) is 10.1. The van der Waals surface area contributed by atoms with Gasteiger partial charge in [-0.25, -0.2) is 0 Å². The number of aryl methyl sites for hydroxylation is 1. The summed E-state index contributed by atoms with van der Waals surface area (Å²) < 4.78 is 0. The first-order chi connectivity index (χ1) is 12.9. The molecule has 0 aliphatic carbocycles. The molecule has 2 rings (SSSR count). The van der Waals surface area contributed by atoms with Crippen LogP contribution in [0, 0.1) is 6.92 Å². The molecule has 0 saturated carbocycles. The van der Waals surface area contributed by atoms with Gasteiger partial charge in [0.2, 0.25) is 11.8 Å². The summed E-state index contributed by atoms with van der Waals surface area (Å²) in [6.07, 6.45) is 0.276. The second-order valence-electron chi connectivity index (χ2n) is 6.39. The van der Waals surface area contributed by atoms with Gasteiger partial charge in [-0.15, -0.1) is 0 Å². The number of halogens is 1. The Labute approximate surface area is 165 Å². The molecular weight excluding hydrogens is 362 g/mol. The summed E-state index contributed by atoms with van der Waals surface area (Å²) in [5.41, 5.74) is 3.25.